The fourth-order valence-corrected chi connectivity index (χ4v) is 2.32. The Bertz CT molecular complexity index is 419. The van der Waals surface area contributed by atoms with E-state index in [4.69, 9.17) is 10.1 Å². The van der Waals surface area contributed by atoms with E-state index in [-0.39, 0.29) is 18.0 Å². The molecule has 0 saturated carbocycles. The number of carbonyl (C=O) groups is 2. The number of ether oxygens (including phenoxy) is 1. The first kappa shape index (κ1) is 13.6. The zero-order valence-electron chi connectivity index (χ0n) is 11.5. The van der Waals surface area contributed by atoms with Gasteiger partial charge in [0.15, 0.2) is 0 Å². The molecule has 0 aromatic carbocycles. The molecule has 7 heteroatoms. The molecular formula is C12H20N4O3. The number of hydrogen-bond acceptors (Lipinski definition) is 4. The second kappa shape index (κ2) is 4.40. The number of amides is 3. The van der Waals surface area contributed by atoms with Crippen molar-refractivity contribution in [1.29, 1.82) is 5.41 Å². The molecule has 1 spiro atoms. The van der Waals surface area contributed by atoms with Crippen molar-refractivity contribution in [3.05, 3.63) is 0 Å². The average molecular weight is 268 g/mol. The minimum Gasteiger partial charge on any atom is -0.444 e. The Hall–Kier alpha value is -1.79. The van der Waals surface area contributed by atoms with Gasteiger partial charge in [-0.15, -0.1) is 0 Å². The van der Waals surface area contributed by atoms with Crippen LogP contribution in [-0.4, -0.2) is 47.1 Å². The molecule has 3 amide bonds. The second-order valence-electron chi connectivity index (χ2n) is 6.00. The Morgan fingerprint density at radius 3 is 2.37 bits per heavy atom. The molecule has 0 bridgehead atoms. The van der Waals surface area contributed by atoms with Crippen LogP contribution in [0.3, 0.4) is 0 Å². The molecule has 19 heavy (non-hydrogen) atoms. The predicted molar refractivity (Wildman–Crippen MR) is 69.2 cm³/mol. The lowest BCUT2D eigenvalue weighted by Gasteiger charge is -2.38. The number of urea groups is 1. The van der Waals surface area contributed by atoms with Gasteiger partial charge in [-0.25, -0.2) is 9.59 Å². The number of rotatable bonds is 0. The van der Waals surface area contributed by atoms with E-state index < -0.39 is 11.1 Å². The molecule has 0 aliphatic carbocycles. The Kier molecular flexibility index (Phi) is 3.15. The number of nitrogens with zero attached hydrogens (tertiary/aromatic N) is 1. The van der Waals surface area contributed by atoms with Crippen molar-refractivity contribution in [3.8, 4) is 0 Å². The van der Waals surface area contributed by atoms with E-state index in [2.05, 4.69) is 10.6 Å². The fourth-order valence-electron chi connectivity index (χ4n) is 2.32. The summed E-state index contributed by atoms with van der Waals surface area (Å²) in [6.45, 7) is 6.42. The van der Waals surface area contributed by atoms with E-state index in [0.29, 0.717) is 25.9 Å². The van der Waals surface area contributed by atoms with Crippen LogP contribution in [0.1, 0.15) is 33.6 Å². The van der Waals surface area contributed by atoms with Crippen LogP contribution in [0.2, 0.25) is 0 Å². The topological polar surface area (TPSA) is 94.5 Å². The van der Waals surface area contributed by atoms with Crippen LogP contribution in [0.25, 0.3) is 0 Å². The molecule has 2 heterocycles. The minimum atomic E-state index is -0.629. The van der Waals surface area contributed by atoms with Gasteiger partial charge in [0.05, 0.1) is 0 Å². The zero-order valence-corrected chi connectivity index (χ0v) is 11.5. The highest BCUT2D eigenvalue weighted by atomic mass is 16.6. The molecule has 2 rings (SSSR count). The smallest absolute Gasteiger partial charge is 0.410 e. The Morgan fingerprint density at radius 2 is 1.95 bits per heavy atom. The molecule has 106 valence electrons. The summed E-state index contributed by atoms with van der Waals surface area (Å²) in [5.41, 5.74) is -1.14. The van der Waals surface area contributed by atoms with Crippen LogP contribution in [0.15, 0.2) is 0 Å². The van der Waals surface area contributed by atoms with Crippen molar-refractivity contribution in [2.75, 3.05) is 13.1 Å². The summed E-state index contributed by atoms with van der Waals surface area (Å²) in [4.78, 5) is 24.8. The molecule has 7 nitrogen and oxygen atoms in total. The zero-order chi connectivity index (χ0) is 14.3. The first-order chi connectivity index (χ1) is 8.72. The summed E-state index contributed by atoms with van der Waals surface area (Å²) in [6.07, 6.45) is 0.722. The van der Waals surface area contributed by atoms with Crippen LogP contribution in [0.5, 0.6) is 0 Å². The predicted octanol–water partition coefficient (Wildman–Crippen LogP) is 1.05. The number of piperidine rings is 1. The van der Waals surface area contributed by atoms with Crippen molar-refractivity contribution in [1.82, 2.24) is 15.5 Å². The van der Waals surface area contributed by atoms with E-state index in [1.807, 2.05) is 20.8 Å². The maximum Gasteiger partial charge on any atom is 0.410 e. The van der Waals surface area contributed by atoms with E-state index in [0.717, 1.165) is 0 Å². The number of likely N-dealkylation sites (tertiary alicyclic amines) is 1. The SMILES string of the molecule is CC(C)(C)OC(=O)N1CCC2(CC1)NC(=O)NC2=N. The summed E-state index contributed by atoms with van der Waals surface area (Å²) < 4.78 is 5.31. The first-order valence-electron chi connectivity index (χ1n) is 6.38. The maximum atomic E-state index is 11.9. The van der Waals surface area contributed by atoms with Gasteiger partial charge < -0.3 is 15.0 Å². The van der Waals surface area contributed by atoms with Gasteiger partial charge in [-0.1, -0.05) is 0 Å². The lowest BCUT2D eigenvalue weighted by atomic mass is 9.87. The number of nitrogens with one attached hydrogen (secondary N) is 3. The number of hydrogen-bond donors (Lipinski definition) is 3. The molecule has 2 aliphatic heterocycles. The van der Waals surface area contributed by atoms with Gasteiger partial charge in [0.1, 0.15) is 17.0 Å². The molecular weight excluding hydrogens is 248 g/mol. The summed E-state index contributed by atoms with van der Waals surface area (Å²) >= 11 is 0. The third-order valence-electron chi connectivity index (χ3n) is 3.34. The normalized spacial score (nSPS) is 22.2. The van der Waals surface area contributed by atoms with Crippen LogP contribution >= 0.6 is 0 Å². The van der Waals surface area contributed by atoms with Gasteiger partial charge in [-0.05, 0) is 33.6 Å². The number of carbonyl (C=O) groups excluding carboxylic acids is 2. The monoisotopic (exact) mass is 268 g/mol. The van der Waals surface area contributed by atoms with Crippen LogP contribution in [0.4, 0.5) is 9.59 Å². The third kappa shape index (κ3) is 2.80. The molecule has 0 aromatic heterocycles. The summed E-state index contributed by atoms with van der Waals surface area (Å²) in [5.74, 6) is 0.196. The standard InChI is InChI=1S/C12H20N4O3/c1-11(2,3)19-10(18)16-6-4-12(5-7-16)8(13)14-9(17)15-12/h4-7H2,1-3H3,(H3,13,14,15,17). The summed E-state index contributed by atoms with van der Waals surface area (Å²) in [5, 5.41) is 13.0. The van der Waals surface area contributed by atoms with Gasteiger partial charge in [0.2, 0.25) is 0 Å². The van der Waals surface area contributed by atoms with Crippen molar-refractivity contribution in [2.24, 2.45) is 0 Å². The Morgan fingerprint density at radius 1 is 1.37 bits per heavy atom. The van der Waals surface area contributed by atoms with Gasteiger partial charge in [0.25, 0.3) is 0 Å². The summed E-state index contributed by atoms with van der Waals surface area (Å²) in [7, 11) is 0. The van der Waals surface area contributed by atoms with E-state index in [1.54, 1.807) is 4.90 Å². The lowest BCUT2D eigenvalue weighted by Crippen LogP contribution is -2.56. The highest BCUT2D eigenvalue weighted by Gasteiger charge is 2.46. The van der Waals surface area contributed by atoms with Crippen molar-refractivity contribution in [2.45, 2.75) is 44.8 Å². The van der Waals surface area contributed by atoms with Crippen LogP contribution in [0, 0.1) is 5.41 Å². The minimum absolute atomic E-state index is 0.196. The molecule has 2 saturated heterocycles. The van der Waals surface area contributed by atoms with Gasteiger partial charge in [-0.3, -0.25) is 10.7 Å². The third-order valence-corrected chi connectivity index (χ3v) is 3.34. The fraction of sp³-hybridized carbons (Fsp3) is 0.750. The van der Waals surface area contributed by atoms with Crippen molar-refractivity contribution < 1.29 is 14.3 Å². The van der Waals surface area contributed by atoms with E-state index in [9.17, 15) is 9.59 Å². The molecule has 3 N–H and O–H groups in total. The quantitative estimate of drug-likeness (QED) is 0.612. The second-order valence-corrected chi connectivity index (χ2v) is 6.00. The molecule has 0 radical (unpaired) electrons. The largest absolute Gasteiger partial charge is 0.444 e. The van der Waals surface area contributed by atoms with Gasteiger partial charge in [0, 0.05) is 13.1 Å². The maximum absolute atomic E-state index is 11.9. The molecule has 2 fully saturated rings. The van der Waals surface area contributed by atoms with Crippen molar-refractivity contribution >= 4 is 18.0 Å². The number of amidine groups is 1. The van der Waals surface area contributed by atoms with E-state index >= 15 is 0 Å². The highest BCUT2D eigenvalue weighted by Crippen LogP contribution is 2.26. The first-order valence-corrected chi connectivity index (χ1v) is 6.38. The summed E-state index contributed by atoms with van der Waals surface area (Å²) in [6, 6.07) is -0.337. The Balaban J connectivity index is 1.94. The van der Waals surface area contributed by atoms with Crippen LogP contribution < -0.4 is 10.6 Å². The molecule has 0 aromatic rings. The molecule has 2 aliphatic rings. The highest BCUT2D eigenvalue weighted by molar-refractivity contribution is 6.08. The average Bonchev–Trinajstić information content (AvgIpc) is 2.52. The van der Waals surface area contributed by atoms with Crippen LogP contribution in [-0.2, 0) is 4.74 Å². The lowest BCUT2D eigenvalue weighted by molar-refractivity contribution is 0.0186. The van der Waals surface area contributed by atoms with Crippen molar-refractivity contribution in [3.63, 3.8) is 0 Å². The van der Waals surface area contributed by atoms with E-state index in [1.165, 1.54) is 0 Å². The van der Waals surface area contributed by atoms with Gasteiger partial charge >= 0.3 is 12.1 Å². The molecule has 0 unspecified atom stereocenters. The Labute approximate surface area is 112 Å². The molecule has 0 atom stereocenters. The van der Waals surface area contributed by atoms with Gasteiger partial charge in [-0.2, -0.15) is 0 Å².